The van der Waals surface area contributed by atoms with Crippen molar-refractivity contribution in [2.75, 3.05) is 23.3 Å². The van der Waals surface area contributed by atoms with Gasteiger partial charge in [-0.15, -0.1) is 0 Å². The fourth-order valence-corrected chi connectivity index (χ4v) is 5.56. The van der Waals surface area contributed by atoms with Crippen LogP contribution >= 0.6 is 0 Å². The first kappa shape index (κ1) is 17.9. The highest BCUT2D eigenvalue weighted by Crippen LogP contribution is 2.57. The van der Waals surface area contributed by atoms with Gasteiger partial charge in [-0.2, -0.15) is 15.4 Å². The Morgan fingerprint density at radius 1 is 1.03 bits per heavy atom. The summed E-state index contributed by atoms with van der Waals surface area (Å²) in [7, 11) is 0. The number of hydrogen-bond acceptors (Lipinski definition) is 7. The summed E-state index contributed by atoms with van der Waals surface area (Å²) < 4.78 is 0. The fraction of sp³-hybridized carbons (Fsp3) is 0.348. The van der Waals surface area contributed by atoms with Gasteiger partial charge in [0.05, 0.1) is 24.1 Å². The number of piperidine rings is 1. The average molecular weight is 426 g/mol. The molecular weight excluding hydrogens is 402 g/mol. The van der Waals surface area contributed by atoms with E-state index in [9.17, 15) is 0 Å². The van der Waals surface area contributed by atoms with Gasteiger partial charge in [0.15, 0.2) is 5.82 Å². The standard InChI is InChI=1S/C23H23N9/c1-2-4-14-13(3-1)5-6-17(14)27-23-24-8-7-18(28-23)22-25-10-20(29-22)32-11-15-16(12-32)21(15)19-9-26-31-30-19/h1-4,7-10,15-17,21H,5-6,11-12H2,(H,25,29)(H,24,27,28)(H,26,30,31)/t15?,16?,17-,21?/m0/s1. The molecule has 0 bridgehead atoms. The number of aromatic nitrogens is 7. The maximum Gasteiger partial charge on any atom is 0.223 e. The number of nitrogens with one attached hydrogen (secondary N) is 3. The molecule has 1 aromatic carbocycles. The Bertz CT molecular complexity index is 1250. The molecule has 2 aliphatic carbocycles. The molecule has 0 spiro atoms. The molecule has 9 heteroatoms. The highest BCUT2D eigenvalue weighted by molar-refractivity contribution is 5.56. The van der Waals surface area contributed by atoms with Crippen molar-refractivity contribution in [3.05, 3.63) is 65.7 Å². The molecule has 0 radical (unpaired) electrons. The molecular formula is C23H23N9. The lowest BCUT2D eigenvalue weighted by molar-refractivity contribution is 0.729. The van der Waals surface area contributed by atoms with E-state index in [0.717, 1.165) is 49.0 Å². The van der Waals surface area contributed by atoms with Gasteiger partial charge in [-0.3, -0.25) is 0 Å². The molecule has 1 saturated heterocycles. The van der Waals surface area contributed by atoms with Gasteiger partial charge in [0.25, 0.3) is 0 Å². The van der Waals surface area contributed by atoms with Crippen molar-refractivity contribution in [2.24, 2.45) is 11.8 Å². The van der Waals surface area contributed by atoms with E-state index in [1.165, 1.54) is 11.1 Å². The Balaban J connectivity index is 1.05. The number of hydrogen-bond donors (Lipinski definition) is 3. The SMILES string of the molecule is c1ccc2c(c1)CC[C@@H]2Nc1nccc(-c2ncc(N3CC4C(C3)C4c3cn[nH]n3)[nH]2)n1. The number of aryl methyl sites for hydroxylation is 1. The van der Waals surface area contributed by atoms with Gasteiger partial charge in [-0.25, -0.2) is 15.0 Å². The van der Waals surface area contributed by atoms with Crippen molar-refractivity contribution in [1.82, 2.24) is 35.3 Å². The van der Waals surface area contributed by atoms with Crippen LogP contribution < -0.4 is 10.2 Å². The number of nitrogens with zero attached hydrogens (tertiary/aromatic N) is 6. The molecule has 0 amide bonds. The first-order chi connectivity index (χ1) is 15.8. The van der Waals surface area contributed by atoms with E-state index in [-0.39, 0.29) is 6.04 Å². The Kier molecular flexibility index (Phi) is 3.84. The Morgan fingerprint density at radius 2 is 1.94 bits per heavy atom. The highest BCUT2D eigenvalue weighted by atomic mass is 15.3. The summed E-state index contributed by atoms with van der Waals surface area (Å²) in [5.41, 5.74) is 4.64. The zero-order valence-corrected chi connectivity index (χ0v) is 17.4. The Morgan fingerprint density at radius 3 is 2.81 bits per heavy atom. The lowest BCUT2D eigenvalue weighted by atomic mass is 10.1. The van der Waals surface area contributed by atoms with Crippen LogP contribution in [0.15, 0.2) is 48.9 Å². The number of fused-ring (bicyclic) bond motifs is 2. The zero-order valence-electron chi connectivity index (χ0n) is 17.4. The third-order valence-electron chi connectivity index (χ3n) is 7.21. The lowest BCUT2D eigenvalue weighted by Crippen LogP contribution is -2.23. The van der Waals surface area contributed by atoms with Gasteiger partial charge in [0, 0.05) is 25.2 Å². The second-order valence-electron chi connectivity index (χ2n) is 8.97. The number of aromatic amines is 2. The summed E-state index contributed by atoms with van der Waals surface area (Å²) in [5, 5.41) is 14.5. The smallest absolute Gasteiger partial charge is 0.223 e. The minimum atomic E-state index is 0.252. The van der Waals surface area contributed by atoms with Crippen LogP contribution in [-0.4, -0.2) is 48.4 Å². The number of rotatable bonds is 5. The second-order valence-corrected chi connectivity index (χ2v) is 8.97. The number of benzene rings is 1. The van der Waals surface area contributed by atoms with E-state index in [1.54, 1.807) is 6.20 Å². The van der Waals surface area contributed by atoms with Crippen molar-refractivity contribution >= 4 is 11.8 Å². The number of imidazole rings is 1. The van der Waals surface area contributed by atoms with Crippen molar-refractivity contribution < 1.29 is 0 Å². The summed E-state index contributed by atoms with van der Waals surface area (Å²) >= 11 is 0. The molecule has 160 valence electrons. The summed E-state index contributed by atoms with van der Waals surface area (Å²) in [6, 6.07) is 10.7. The third kappa shape index (κ3) is 2.88. The summed E-state index contributed by atoms with van der Waals surface area (Å²) in [6.07, 6.45) is 7.70. The Labute approximate surface area is 184 Å². The van der Waals surface area contributed by atoms with Crippen molar-refractivity contribution in [2.45, 2.75) is 24.8 Å². The van der Waals surface area contributed by atoms with Crippen LogP contribution in [0.4, 0.5) is 11.8 Å². The third-order valence-corrected chi connectivity index (χ3v) is 7.21. The van der Waals surface area contributed by atoms with Crippen LogP contribution in [0.2, 0.25) is 0 Å². The maximum atomic E-state index is 4.74. The van der Waals surface area contributed by atoms with Gasteiger partial charge in [-0.1, -0.05) is 24.3 Å². The van der Waals surface area contributed by atoms with E-state index in [1.807, 2.05) is 18.5 Å². The predicted octanol–water partition coefficient (Wildman–Crippen LogP) is 2.93. The van der Waals surface area contributed by atoms with Gasteiger partial charge < -0.3 is 15.2 Å². The molecule has 32 heavy (non-hydrogen) atoms. The predicted molar refractivity (Wildman–Crippen MR) is 119 cm³/mol. The molecule has 4 heterocycles. The zero-order chi connectivity index (χ0) is 21.1. The topological polar surface area (TPSA) is 111 Å². The molecule has 1 saturated carbocycles. The number of anilines is 2. The molecule has 3 aliphatic rings. The van der Waals surface area contributed by atoms with Gasteiger partial charge in [0.1, 0.15) is 11.5 Å². The summed E-state index contributed by atoms with van der Waals surface area (Å²) in [4.78, 5) is 19.6. The van der Waals surface area contributed by atoms with Crippen molar-refractivity contribution in [3.63, 3.8) is 0 Å². The molecule has 3 N–H and O–H groups in total. The van der Waals surface area contributed by atoms with Gasteiger partial charge in [0.2, 0.25) is 5.95 Å². The molecule has 1 aliphatic heterocycles. The van der Waals surface area contributed by atoms with E-state index < -0.39 is 0 Å². The van der Waals surface area contributed by atoms with Crippen LogP contribution in [-0.2, 0) is 6.42 Å². The minimum absolute atomic E-state index is 0.252. The van der Waals surface area contributed by atoms with Crippen LogP contribution in [0.1, 0.15) is 35.2 Å². The summed E-state index contributed by atoms with van der Waals surface area (Å²) in [6.45, 7) is 2.03. The molecule has 2 unspecified atom stereocenters. The minimum Gasteiger partial charge on any atom is -0.356 e. The molecule has 3 atom stereocenters. The highest BCUT2D eigenvalue weighted by Gasteiger charge is 2.57. The van der Waals surface area contributed by atoms with E-state index in [2.05, 4.69) is 64.8 Å². The molecule has 3 aromatic heterocycles. The first-order valence-corrected chi connectivity index (χ1v) is 11.2. The van der Waals surface area contributed by atoms with Crippen LogP contribution in [0.5, 0.6) is 0 Å². The van der Waals surface area contributed by atoms with Crippen LogP contribution in [0, 0.1) is 11.8 Å². The van der Waals surface area contributed by atoms with E-state index in [4.69, 9.17) is 4.98 Å². The first-order valence-electron chi connectivity index (χ1n) is 11.2. The molecule has 4 aromatic rings. The second kappa shape index (κ2) is 6.88. The molecule has 2 fully saturated rings. The molecule has 7 rings (SSSR count). The van der Waals surface area contributed by atoms with E-state index >= 15 is 0 Å². The quantitative estimate of drug-likeness (QED) is 0.451. The van der Waals surface area contributed by atoms with Crippen molar-refractivity contribution in [1.29, 1.82) is 0 Å². The normalized spacial score (nSPS) is 25.6. The molecule has 9 nitrogen and oxygen atoms in total. The largest absolute Gasteiger partial charge is 0.356 e. The fourth-order valence-electron chi connectivity index (χ4n) is 5.56. The maximum absolute atomic E-state index is 4.74. The monoisotopic (exact) mass is 425 g/mol. The van der Waals surface area contributed by atoms with Crippen LogP contribution in [0.3, 0.4) is 0 Å². The average Bonchev–Trinajstić information content (AvgIpc) is 3.46. The Hall–Kier alpha value is -3.75. The van der Waals surface area contributed by atoms with E-state index in [0.29, 0.717) is 23.7 Å². The number of H-pyrrole nitrogens is 2. The van der Waals surface area contributed by atoms with Gasteiger partial charge in [-0.05, 0) is 41.9 Å². The summed E-state index contributed by atoms with van der Waals surface area (Å²) in [5.74, 6) is 4.30. The van der Waals surface area contributed by atoms with Crippen molar-refractivity contribution in [3.8, 4) is 11.5 Å². The van der Waals surface area contributed by atoms with Crippen LogP contribution in [0.25, 0.3) is 11.5 Å². The lowest BCUT2D eigenvalue weighted by Gasteiger charge is -2.19. The van der Waals surface area contributed by atoms with Gasteiger partial charge >= 0.3 is 0 Å².